The lowest BCUT2D eigenvalue weighted by Crippen LogP contribution is -2.52. The summed E-state index contributed by atoms with van der Waals surface area (Å²) in [5.41, 5.74) is 0.885. The van der Waals surface area contributed by atoms with Crippen LogP contribution in [0.1, 0.15) is 57.8 Å². The number of hydrogen-bond donors (Lipinski definition) is 3. The van der Waals surface area contributed by atoms with Crippen molar-refractivity contribution in [2.75, 3.05) is 31.5 Å². The van der Waals surface area contributed by atoms with Gasteiger partial charge in [-0.3, -0.25) is 14.6 Å². The van der Waals surface area contributed by atoms with Crippen molar-refractivity contribution in [1.29, 1.82) is 0 Å². The number of carbonyl (C=O) groups is 2. The van der Waals surface area contributed by atoms with Gasteiger partial charge in [-0.25, -0.2) is 13.1 Å². The zero-order valence-corrected chi connectivity index (χ0v) is 19.4. The largest absolute Gasteiger partial charge is 0.385 e. The lowest BCUT2D eigenvalue weighted by molar-refractivity contribution is -0.137. The van der Waals surface area contributed by atoms with E-state index in [0.29, 0.717) is 38.9 Å². The van der Waals surface area contributed by atoms with E-state index >= 15 is 0 Å². The minimum absolute atomic E-state index is 0.107. The average Bonchev–Trinajstić information content (AvgIpc) is 2.83. The number of nitrogens with zero attached hydrogens (tertiary/aromatic N) is 2. The van der Waals surface area contributed by atoms with Gasteiger partial charge >= 0.3 is 0 Å². The van der Waals surface area contributed by atoms with E-state index in [1.54, 1.807) is 17.3 Å². The predicted octanol–water partition coefficient (Wildman–Crippen LogP) is 1.63. The quantitative estimate of drug-likeness (QED) is 0.483. The SMILES string of the molecule is O=C(CNS(=O)(=O)C1CCCCC1)NC(CCNc1ccncc1)C(=O)N1CCCCC1. The monoisotopic (exact) mass is 465 g/mol. The third-order valence-corrected chi connectivity index (χ3v) is 8.06. The number of pyridine rings is 1. The molecular formula is C22H35N5O4S. The Kier molecular flexibility index (Phi) is 9.28. The summed E-state index contributed by atoms with van der Waals surface area (Å²) in [7, 11) is -3.53. The summed E-state index contributed by atoms with van der Waals surface area (Å²) >= 11 is 0. The van der Waals surface area contributed by atoms with Gasteiger partial charge in [0.25, 0.3) is 0 Å². The molecule has 32 heavy (non-hydrogen) atoms. The van der Waals surface area contributed by atoms with Gasteiger partial charge in [0.1, 0.15) is 6.04 Å². The van der Waals surface area contributed by atoms with Crippen LogP contribution >= 0.6 is 0 Å². The number of aromatic nitrogens is 1. The fourth-order valence-electron chi connectivity index (χ4n) is 4.33. The van der Waals surface area contributed by atoms with Gasteiger partial charge in [-0.1, -0.05) is 19.3 Å². The zero-order chi connectivity index (χ0) is 22.8. The van der Waals surface area contributed by atoms with E-state index in [1.807, 2.05) is 12.1 Å². The predicted molar refractivity (Wildman–Crippen MR) is 124 cm³/mol. The highest BCUT2D eigenvalue weighted by Gasteiger charge is 2.29. The fraction of sp³-hybridized carbons (Fsp3) is 0.682. The molecule has 0 spiro atoms. The Morgan fingerprint density at radius 1 is 1.03 bits per heavy atom. The Bertz CT molecular complexity index is 837. The fourth-order valence-corrected chi connectivity index (χ4v) is 5.85. The molecule has 10 heteroatoms. The molecule has 2 fully saturated rings. The van der Waals surface area contributed by atoms with E-state index in [1.165, 1.54) is 0 Å². The summed E-state index contributed by atoms with van der Waals surface area (Å²) in [5, 5.41) is 5.57. The molecule has 1 saturated carbocycles. The summed E-state index contributed by atoms with van der Waals surface area (Å²) in [6, 6.07) is 2.97. The van der Waals surface area contributed by atoms with Crippen LogP contribution in [-0.2, 0) is 19.6 Å². The van der Waals surface area contributed by atoms with Crippen LogP contribution in [0.3, 0.4) is 0 Å². The van der Waals surface area contributed by atoms with Gasteiger partial charge in [-0.2, -0.15) is 0 Å². The van der Waals surface area contributed by atoms with Gasteiger partial charge in [0, 0.05) is 37.7 Å². The molecule has 2 heterocycles. The van der Waals surface area contributed by atoms with E-state index in [4.69, 9.17) is 0 Å². The molecule has 1 aliphatic carbocycles. The maximum atomic E-state index is 13.1. The van der Waals surface area contributed by atoms with Crippen LogP contribution in [0.2, 0.25) is 0 Å². The second-order valence-electron chi connectivity index (χ2n) is 8.58. The van der Waals surface area contributed by atoms with Crippen LogP contribution in [0.15, 0.2) is 24.5 Å². The summed E-state index contributed by atoms with van der Waals surface area (Å²) in [5.74, 6) is -0.589. The Hall–Kier alpha value is -2.20. The minimum Gasteiger partial charge on any atom is -0.385 e. The molecule has 2 aliphatic rings. The standard InChI is InChI=1S/C22H35N5O4S/c28-21(17-25-32(30,31)19-7-3-1-4-8-19)26-20(22(29)27-15-5-2-6-16-27)11-14-24-18-9-12-23-13-10-18/h9-10,12-13,19-20,25H,1-8,11,14-17H2,(H,23,24)(H,26,28). The van der Waals surface area contributed by atoms with Crippen LogP contribution in [0.4, 0.5) is 5.69 Å². The summed E-state index contributed by atoms with van der Waals surface area (Å²) < 4.78 is 27.5. The Balaban J connectivity index is 1.55. The third kappa shape index (κ3) is 7.44. The number of piperidine rings is 1. The topological polar surface area (TPSA) is 120 Å². The van der Waals surface area contributed by atoms with Gasteiger partial charge in [0.15, 0.2) is 0 Å². The van der Waals surface area contributed by atoms with Crippen molar-refractivity contribution >= 4 is 27.5 Å². The van der Waals surface area contributed by atoms with Crippen LogP contribution in [0.5, 0.6) is 0 Å². The number of carbonyl (C=O) groups excluding carboxylic acids is 2. The lowest BCUT2D eigenvalue weighted by atomic mass is 10.0. The van der Waals surface area contributed by atoms with Crippen LogP contribution < -0.4 is 15.4 Å². The molecule has 0 aromatic carbocycles. The molecule has 1 aromatic heterocycles. The molecule has 1 saturated heterocycles. The molecule has 0 bridgehead atoms. The number of nitrogens with one attached hydrogen (secondary N) is 3. The van der Waals surface area contributed by atoms with Crippen molar-refractivity contribution in [2.24, 2.45) is 0 Å². The smallest absolute Gasteiger partial charge is 0.245 e. The van der Waals surface area contributed by atoms with Crippen LogP contribution in [0, 0.1) is 0 Å². The average molecular weight is 466 g/mol. The summed E-state index contributed by atoms with van der Waals surface area (Å²) in [6.45, 7) is 1.53. The molecule has 1 aliphatic heterocycles. The second kappa shape index (κ2) is 12.2. The van der Waals surface area contributed by atoms with E-state index in [0.717, 1.165) is 44.2 Å². The third-order valence-electron chi connectivity index (χ3n) is 6.17. The molecule has 1 aromatic rings. The molecule has 1 atom stereocenters. The van der Waals surface area contributed by atoms with Gasteiger partial charge in [0.2, 0.25) is 21.8 Å². The first-order chi connectivity index (χ1) is 15.5. The number of likely N-dealkylation sites (tertiary alicyclic amines) is 1. The van der Waals surface area contributed by atoms with Gasteiger partial charge < -0.3 is 15.5 Å². The lowest BCUT2D eigenvalue weighted by Gasteiger charge is -2.31. The van der Waals surface area contributed by atoms with Crippen molar-refractivity contribution in [2.45, 2.75) is 69.1 Å². The van der Waals surface area contributed by atoms with Crippen LogP contribution in [0.25, 0.3) is 0 Å². The van der Waals surface area contributed by atoms with E-state index in [2.05, 4.69) is 20.3 Å². The Labute approximate surface area is 190 Å². The summed E-state index contributed by atoms with van der Waals surface area (Å²) in [4.78, 5) is 31.4. The van der Waals surface area contributed by atoms with Gasteiger partial charge in [-0.05, 0) is 50.7 Å². The molecule has 0 radical (unpaired) electrons. The maximum Gasteiger partial charge on any atom is 0.245 e. The highest BCUT2D eigenvalue weighted by molar-refractivity contribution is 7.90. The van der Waals surface area contributed by atoms with Crippen molar-refractivity contribution < 1.29 is 18.0 Å². The van der Waals surface area contributed by atoms with Gasteiger partial charge in [0.05, 0.1) is 11.8 Å². The van der Waals surface area contributed by atoms with Crippen LogP contribution in [-0.4, -0.2) is 67.6 Å². The first-order valence-electron chi connectivity index (χ1n) is 11.7. The number of hydrogen-bond acceptors (Lipinski definition) is 6. The summed E-state index contributed by atoms with van der Waals surface area (Å²) in [6.07, 6.45) is 10.9. The highest BCUT2D eigenvalue weighted by atomic mass is 32.2. The number of sulfonamides is 1. The van der Waals surface area contributed by atoms with E-state index in [9.17, 15) is 18.0 Å². The Morgan fingerprint density at radius 2 is 1.69 bits per heavy atom. The van der Waals surface area contributed by atoms with Crippen molar-refractivity contribution in [3.05, 3.63) is 24.5 Å². The zero-order valence-electron chi connectivity index (χ0n) is 18.6. The highest BCUT2D eigenvalue weighted by Crippen LogP contribution is 2.22. The first-order valence-corrected chi connectivity index (χ1v) is 13.2. The molecule has 1 unspecified atom stereocenters. The van der Waals surface area contributed by atoms with Crippen molar-refractivity contribution in [1.82, 2.24) is 19.9 Å². The van der Waals surface area contributed by atoms with Crippen molar-refractivity contribution in [3.8, 4) is 0 Å². The second-order valence-corrected chi connectivity index (χ2v) is 10.6. The van der Waals surface area contributed by atoms with E-state index < -0.39 is 27.2 Å². The molecular weight excluding hydrogens is 430 g/mol. The van der Waals surface area contributed by atoms with Gasteiger partial charge in [-0.15, -0.1) is 0 Å². The molecule has 3 N–H and O–H groups in total. The maximum absolute atomic E-state index is 13.1. The first kappa shape index (κ1) is 24.4. The van der Waals surface area contributed by atoms with E-state index in [-0.39, 0.29) is 12.5 Å². The molecule has 178 valence electrons. The molecule has 3 rings (SSSR count). The normalized spacial score (nSPS) is 18.7. The number of rotatable bonds is 10. The van der Waals surface area contributed by atoms with Crippen molar-refractivity contribution in [3.63, 3.8) is 0 Å². The minimum atomic E-state index is -3.53. The molecule has 9 nitrogen and oxygen atoms in total. The number of amides is 2. The Morgan fingerprint density at radius 3 is 2.38 bits per heavy atom. The molecule has 2 amide bonds. The number of anilines is 1.